The van der Waals surface area contributed by atoms with Gasteiger partial charge in [0, 0.05) is 39.0 Å². The molecule has 0 fully saturated rings. The third-order valence-corrected chi connectivity index (χ3v) is 8.90. The average molecular weight is 744 g/mol. The Kier molecular flexibility index (Phi) is 52.2. The van der Waals surface area contributed by atoms with Crippen LogP contribution in [0.4, 0.5) is 0 Å². The minimum absolute atomic E-state index is 0. The molecule has 0 aliphatic heterocycles. The maximum Gasteiger partial charge on any atom is 0.305 e. The van der Waals surface area contributed by atoms with Crippen molar-refractivity contribution in [3.63, 3.8) is 0 Å². The average Bonchev–Trinajstić information content (AvgIpc) is 3.06. The zero-order valence-electron chi connectivity index (χ0n) is 32.6. The van der Waals surface area contributed by atoms with Gasteiger partial charge in [-0.1, -0.05) is 207 Å². The Morgan fingerprint density at radius 3 is 0.681 bits per heavy atom. The Labute approximate surface area is 315 Å². The molecule has 0 atom stereocenters. The Morgan fingerprint density at radius 1 is 0.298 bits per heavy atom. The normalized spacial score (nSPS) is 10.6. The fraction of sp³-hybridized carbons (Fsp3) is 0.952. The van der Waals surface area contributed by atoms with Gasteiger partial charge in [-0.3, -0.25) is 9.59 Å². The Bertz CT molecular complexity index is 533. The smallest absolute Gasteiger partial charge is 0.305 e. The van der Waals surface area contributed by atoms with Crippen molar-refractivity contribution in [2.45, 2.75) is 246 Å². The van der Waals surface area contributed by atoms with Gasteiger partial charge in [0.15, 0.2) is 0 Å². The monoisotopic (exact) mass is 743 g/mol. The van der Waals surface area contributed by atoms with Gasteiger partial charge in [0.05, 0.1) is 13.2 Å². The second-order valence-corrected chi connectivity index (χ2v) is 13.8. The summed E-state index contributed by atoms with van der Waals surface area (Å²) >= 11 is 0. The van der Waals surface area contributed by atoms with E-state index in [1.54, 1.807) is 0 Å². The van der Waals surface area contributed by atoms with E-state index in [4.69, 9.17) is 9.47 Å². The summed E-state index contributed by atoms with van der Waals surface area (Å²) in [6, 6.07) is 0. The van der Waals surface area contributed by atoms with Crippen molar-refractivity contribution in [1.82, 2.24) is 0 Å². The van der Waals surface area contributed by atoms with E-state index in [1.807, 2.05) is 13.8 Å². The van der Waals surface area contributed by atoms with Crippen molar-refractivity contribution in [2.75, 3.05) is 13.2 Å². The minimum Gasteiger partial charge on any atom is -0.466 e. The molecule has 4 nitrogen and oxygen atoms in total. The molecule has 0 heterocycles. The predicted octanol–water partition coefficient (Wildman–Crippen LogP) is 14.4. The van der Waals surface area contributed by atoms with E-state index in [1.165, 1.54) is 180 Å². The zero-order chi connectivity index (χ0) is 34.0. The first kappa shape index (κ1) is 51.2. The summed E-state index contributed by atoms with van der Waals surface area (Å²) in [5.74, 6) is -0.0249. The molecule has 0 unspecified atom stereocenters. The van der Waals surface area contributed by atoms with Gasteiger partial charge >= 0.3 is 11.9 Å². The van der Waals surface area contributed by atoms with Gasteiger partial charge in [-0.2, -0.15) is 0 Å². The Morgan fingerprint density at radius 2 is 0.489 bits per heavy atom. The molecule has 0 amide bonds. The standard InChI is InChI=1S/2C21H42O2.Zr/c2*1-3-5-6-7-8-9-10-11-12-13-14-15-16-17-18-19-21(22)23-20-4-2;/h2*3-20H2,1-2H3;. The first-order valence-electron chi connectivity index (χ1n) is 20.9. The van der Waals surface area contributed by atoms with Crippen LogP contribution in [0.2, 0.25) is 0 Å². The number of hydrogen-bond acceptors (Lipinski definition) is 4. The van der Waals surface area contributed by atoms with E-state index in [2.05, 4.69) is 13.8 Å². The summed E-state index contributed by atoms with van der Waals surface area (Å²) in [6.45, 7) is 9.78. The molecule has 0 N–H and O–H groups in total. The molecule has 0 aliphatic rings. The van der Waals surface area contributed by atoms with Gasteiger partial charge < -0.3 is 9.47 Å². The first-order chi connectivity index (χ1) is 22.6. The third kappa shape index (κ3) is 50.3. The Hall–Kier alpha value is -0.177. The van der Waals surface area contributed by atoms with Crippen LogP contribution in [0, 0.1) is 0 Å². The summed E-state index contributed by atoms with van der Waals surface area (Å²) in [5, 5.41) is 0. The van der Waals surface area contributed by atoms with Crippen LogP contribution in [0.1, 0.15) is 246 Å². The minimum atomic E-state index is -0.0125. The molecule has 280 valence electrons. The van der Waals surface area contributed by atoms with Gasteiger partial charge in [-0.25, -0.2) is 0 Å². The molecule has 0 saturated carbocycles. The summed E-state index contributed by atoms with van der Waals surface area (Å²) in [4.78, 5) is 22.6. The quantitative estimate of drug-likeness (QED) is 0.0474. The molecule has 0 bridgehead atoms. The van der Waals surface area contributed by atoms with E-state index in [0.29, 0.717) is 26.1 Å². The number of carbonyl (C=O) groups excluding carboxylic acids is 2. The number of esters is 2. The molecule has 0 radical (unpaired) electrons. The molecule has 5 heteroatoms. The molecule has 0 saturated heterocycles. The zero-order valence-corrected chi connectivity index (χ0v) is 35.0. The van der Waals surface area contributed by atoms with Crippen LogP contribution in [0.3, 0.4) is 0 Å². The van der Waals surface area contributed by atoms with Gasteiger partial charge in [0.2, 0.25) is 0 Å². The van der Waals surface area contributed by atoms with Crippen LogP contribution in [-0.4, -0.2) is 25.2 Å². The number of rotatable bonds is 36. The van der Waals surface area contributed by atoms with Crippen molar-refractivity contribution in [3.05, 3.63) is 0 Å². The first-order valence-corrected chi connectivity index (χ1v) is 20.9. The fourth-order valence-corrected chi connectivity index (χ4v) is 5.86. The number of unbranched alkanes of at least 4 members (excludes halogenated alkanes) is 28. The van der Waals surface area contributed by atoms with Crippen molar-refractivity contribution in [1.29, 1.82) is 0 Å². The molecule has 0 aromatic carbocycles. The van der Waals surface area contributed by atoms with Crippen LogP contribution >= 0.6 is 0 Å². The molecular formula is C42H84O4Zr. The van der Waals surface area contributed by atoms with Crippen molar-refractivity contribution in [2.24, 2.45) is 0 Å². The van der Waals surface area contributed by atoms with E-state index in [-0.39, 0.29) is 38.1 Å². The second kappa shape index (κ2) is 47.9. The predicted molar refractivity (Wildman–Crippen MR) is 202 cm³/mol. The van der Waals surface area contributed by atoms with Crippen LogP contribution < -0.4 is 0 Å². The van der Waals surface area contributed by atoms with Crippen molar-refractivity contribution < 1.29 is 45.3 Å². The molecule has 0 rings (SSSR count). The van der Waals surface area contributed by atoms with Crippen molar-refractivity contribution in [3.8, 4) is 0 Å². The SMILES string of the molecule is CCCCCCCCCCCCCCCCCC(=O)OCCC.CCCCCCCCCCCCCCCCCC(=O)OCCC.[Zr]. The number of carbonyl (C=O) groups is 2. The number of ether oxygens (including phenoxy) is 2. The molecule has 0 spiro atoms. The third-order valence-electron chi connectivity index (χ3n) is 8.90. The largest absolute Gasteiger partial charge is 0.466 e. The van der Waals surface area contributed by atoms with Gasteiger partial charge in [-0.15, -0.1) is 0 Å². The van der Waals surface area contributed by atoms with E-state index in [0.717, 1.165) is 25.7 Å². The van der Waals surface area contributed by atoms with Crippen LogP contribution in [-0.2, 0) is 45.3 Å². The molecule has 0 aliphatic carbocycles. The van der Waals surface area contributed by atoms with Gasteiger partial charge in [0.25, 0.3) is 0 Å². The van der Waals surface area contributed by atoms with Crippen LogP contribution in [0.25, 0.3) is 0 Å². The van der Waals surface area contributed by atoms with E-state index in [9.17, 15) is 9.59 Å². The summed E-state index contributed by atoms with van der Waals surface area (Å²) in [5.41, 5.74) is 0. The van der Waals surface area contributed by atoms with Crippen LogP contribution in [0.5, 0.6) is 0 Å². The molecule has 0 aromatic heterocycles. The van der Waals surface area contributed by atoms with E-state index < -0.39 is 0 Å². The number of hydrogen-bond donors (Lipinski definition) is 0. The van der Waals surface area contributed by atoms with Gasteiger partial charge in [-0.05, 0) is 25.7 Å². The van der Waals surface area contributed by atoms with E-state index >= 15 is 0 Å². The fourth-order valence-electron chi connectivity index (χ4n) is 5.86. The molecule has 0 aromatic rings. The summed E-state index contributed by atoms with van der Waals surface area (Å²) < 4.78 is 10.1. The molecular weight excluding hydrogens is 660 g/mol. The molecule has 47 heavy (non-hydrogen) atoms. The summed E-state index contributed by atoms with van der Waals surface area (Å²) in [6.07, 6.45) is 43.8. The second-order valence-electron chi connectivity index (χ2n) is 13.8. The van der Waals surface area contributed by atoms with Gasteiger partial charge in [0.1, 0.15) is 0 Å². The van der Waals surface area contributed by atoms with Crippen molar-refractivity contribution >= 4 is 11.9 Å². The maximum atomic E-state index is 11.3. The topological polar surface area (TPSA) is 52.6 Å². The maximum absolute atomic E-state index is 11.3. The van der Waals surface area contributed by atoms with Crippen LogP contribution in [0.15, 0.2) is 0 Å². The Balaban J connectivity index is -0.000000807. The summed E-state index contributed by atoms with van der Waals surface area (Å²) in [7, 11) is 0.